The van der Waals surface area contributed by atoms with Gasteiger partial charge in [0.25, 0.3) is 5.91 Å². The normalized spacial score (nSPS) is 15.3. The molecule has 84 valence electrons. The second-order valence-corrected chi connectivity index (χ2v) is 4.22. The largest absolute Gasteiger partial charge is 0.274 e. The van der Waals surface area contributed by atoms with Crippen LogP contribution in [0.15, 0.2) is 11.1 Å². The summed E-state index contributed by atoms with van der Waals surface area (Å²) in [5, 5.41) is 0. The van der Waals surface area contributed by atoms with Crippen LogP contribution in [0.4, 0.5) is 0 Å². The van der Waals surface area contributed by atoms with Crippen LogP contribution in [-0.4, -0.2) is 23.3 Å². The Kier molecular flexibility index (Phi) is 4.06. The van der Waals surface area contributed by atoms with Crippen molar-refractivity contribution in [1.29, 1.82) is 0 Å². The summed E-state index contributed by atoms with van der Waals surface area (Å²) in [6.45, 7) is 6.44. The minimum Gasteiger partial charge on any atom is -0.274 e. The average molecular weight is 209 g/mol. The fraction of sp³-hybridized carbons (Fsp3) is 0.667. The highest BCUT2D eigenvalue weighted by atomic mass is 16.2. The van der Waals surface area contributed by atoms with E-state index < -0.39 is 0 Å². The molecule has 0 radical (unpaired) electrons. The Morgan fingerprint density at radius 3 is 2.47 bits per heavy atom. The van der Waals surface area contributed by atoms with Crippen molar-refractivity contribution in [2.45, 2.75) is 46.5 Å². The van der Waals surface area contributed by atoms with Crippen molar-refractivity contribution in [1.82, 2.24) is 4.90 Å². The molecule has 3 nitrogen and oxygen atoms in total. The highest BCUT2D eigenvalue weighted by molar-refractivity contribution is 6.11. The topological polar surface area (TPSA) is 37.4 Å². The molecule has 1 rings (SSSR count). The molecule has 0 aromatic carbocycles. The van der Waals surface area contributed by atoms with Crippen molar-refractivity contribution in [3.05, 3.63) is 11.1 Å². The highest BCUT2D eigenvalue weighted by Crippen LogP contribution is 2.21. The van der Waals surface area contributed by atoms with Crippen LogP contribution >= 0.6 is 0 Å². The van der Waals surface area contributed by atoms with Gasteiger partial charge >= 0.3 is 0 Å². The minimum atomic E-state index is -0.0866. The first-order valence-electron chi connectivity index (χ1n) is 5.59. The number of likely N-dealkylation sites (tertiary alicyclic amines) is 1. The second kappa shape index (κ2) is 5.10. The first-order chi connectivity index (χ1) is 7.07. The Labute approximate surface area is 91.1 Å². The van der Waals surface area contributed by atoms with Crippen molar-refractivity contribution >= 4 is 11.8 Å². The first-order valence-corrected chi connectivity index (χ1v) is 5.59. The van der Waals surface area contributed by atoms with Gasteiger partial charge in [-0.15, -0.1) is 0 Å². The van der Waals surface area contributed by atoms with Crippen LogP contribution in [0.25, 0.3) is 0 Å². The molecular formula is C12H19NO2. The van der Waals surface area contributed by atoms with Crippen LogP contribution in [-0.2, 0) is 9.59 Å². The molecule has 0 aliphatic carbocycles. The van der Waals surface area contributed by atoms with Gasteiger partial charge in [-0.1, -0.05) is 25.3 Å². The smallest absolute Gasteiger partial charge is 0.258 e. The van der Waals surface area contributed by atoms with E-state index in [1.54, 1.807) is 0 Å². The zero-order chi connectivity index (χ0) is 11.4. The van der Waals surface area contributed by atoms with E-state index in [0.29, 0.717) is 13.0 Å². The molecule has 0 aromatic heterocycles. The molecule has 2 amide bonds. The average Bonchev–Trinajstić information content (AvgIpc) is 2.15. The lowest BCUT2D eigenvalue weighted by Crippen LogP contribution is -2.50. The van der Waals surface area contributed by atoms with E-state index >= 15 is 0 Å². The van der Waals surface area contributed by atoms with E-state index in [-0.39, 0.29) is 11.8 Å². The number of carbonyl (C=O) groups excluding carboxylic acids is 2. The third kappa shape index (κ3) is 2.67. The van der Waals surface area contributed by atoms with Gasteiger partial charge in [0.15, 0.2) is 0 Å². The van der Waals surface area contributed by atoms with Crippen molar-refractivity contribution < 1.29 is 9.59 Å². The molecule has 1 saturated heterocycles. The van der Waals surface area contributed by atoms with Crippen LogP contribution in [0, 0.1) is 0 Å². The van der Waals surface area contributed by atoms with E-state index in [1.165, 1.54) is 4.90 Å². The Bertz CT molecular complexity index is 301. The number of hydrogen-bond donors (Lipinski definition) is 0. The third-order valence-electron chi connectivity index (χ3n) is 2.72. The number of amides is 2. The summed E-state index contributed by atoms with van der Waals surface area (Å²) in [5.41, 5.74) is 1.83. The standard InChI is InChI=1S/C12H19NO2/c1-4-5-6-7-11(14)13-8-10(9(2)3)12(13)15/h4-8H2,1-3H3. The monoisotopic (exact) mass is 209 g/mol. The Hall–Kier alpha value is -1.12. The number of carbonyl (C=O) groups is 2. The van der Waals surface area contributed by atoms with Gasteiger partial charge in [-0.3, -0.25) is 14.5 Å². The van der Waals surface area contributed by atoms with Gasteiger partial charge in [-0.2, -0.15) is 0 Å². The maximum absolute atomic E-state index is 11.6. The Morgan fingerprint density at radius 1 is 1.33 bits per heavy atom. The fourth-order valence-corrected chi connectivity index (χ4v) is 1.60. The minimum absolute atomic E-state index is 0.0153. The van der Waals surface area contributed by atoms with Gasteiger partial charge in [0, 0.05) is 12.0 Å². The summed E-state index contributed by atoms with van der Waals surface area (Å²) in [4.78, 5) is 24.4. The first kappa shape index (κ1) is 12.0. The number of unbranched alkanes of at least 4 members (excludes halogenated alkanes) is 2. The summed E-state index contributed by atoms with van der Waals surface area (Å²) in [5.74, 6) is -0.102. The zero-order valence-corrected chi connectivity index (χ0v) is 9.80. The van der Waals surface area contributed by atoms with Gasteiger partial charge in [-0.25, -0.2) is 0 Å². The molecule has 0 N–H and O–H groups in total. The molecule has 0 spiro atoms. The highest BCUT2D eigenvalue weighted by Gasteiger charge is 2.35. The summed E-state index contributed by atoms with van der Waals surface area (Å²) in [6.07, 6.45) is 3.56. The van der Waals surface area contributed by atoms with Crippen LogP contribution in [0.2, 0.25) is 0 Å². The molecule has 0 saturated carbocycles. The second-order valence-electron chi connectivity index (χ2n) is 4.22. The predicted octanol–water partition coefficient (Wildman–Crippen LogP) is 2.27. The summed E-state index contributed by atoms with van der Waals surface area (Å²) < 4.78 is 0. The van der Waals surface area contributed by atoms with E-state index in [2.05, 4.69) is 6.92 Å². The molecule has 1 aliphatic heterocycles. The van der Waals surface area contributed by atoms with Crippen LogP contribution in [0.5, 0.6) is 0 Å². The molecule has 15 heavy (non-hydrogen) atoms. The van der Waals surface area contributed by atoms with Gasteiger partial charge in [0.2, 0.25) is 5.91 Å². The van der Waals surface area contributed by atoms with E-state index in [0.717, 1.165) is 30.4 Å². The number of nitrogens with zero attached hydrogens (tertiary/aromatic N) is 1. The molecule has 0 bridgehead atoms. The van der Waals surface area contributed by atoms with Crippen molar-refractivity contribution in [2.75, 3.05) is 6.54 Å². The van der Waals surface area contributed by atoms with Gasteiger partial charge in [0.05, 0.1) is 6.54 Å². The van der Waals surface area contributed by atoms with Gasteiger partial charge < -0.3 is 0 Å². The Morgan fingerprint density at radius 2 is 2.00 bits per heavy atom. The van der Waals surface area contributed by atoms with Crippen molar-refractivity contribution in [3.8, 4) is 0 Å². The van der Waals surface area contributed by atoms with Crippen molar-refractivity contribution in [2.24, 2.45) is 0 Å². The SMILES string of the molecule is CCCCCC(=O)N1CC(=C(C)C)C1=O. The lowest BCUT2D eigenvalue weighted by molar-refractivity contribution is -0.147. The van der Waals surface area contributed by atoms with Gasteiger partial charge in [0.1, 0.15) is 0 Å². The van der Waals surface area contributed by atoms with Crippen molar-refractivity contribution in [3.63, 3.8) is 0 Å². The molecule has 0 aromatic rings. The summed E-state index contributed by atoms with van der Waals surface area (Å²) in [7, 11) is 0. The Balaban J connectivity index is 2.39. The summed E-state index contributed by atoms with van der Waals surface area (Å²) >= 11 is 0. The number of β-lactam (4-membered cyclic amide) rings is 1. The van der Waals surface area contributed by atoms with Crippen LogP contribution < -0.4 is 0 Å². The number of imide groups is 1. The molecular weight excluding hydrogens is 190 g/mol. The molecule has 0 unspecified atom stereocenters. The van der Waals surface area contributed by atoms with E-state index in [9.17, 15) is 9.59 Å². The quantitative estimate of drug-likeness (QED) is 0.404. The molecule has 0 atom stereocenters. The molecule has 3 heteroatoms. The third-order valence-corrected chi connectivity index (χ3v) is 2.72. The maximum atomic E-state index is 11.6. The maximum Gasteiger partial charge on any atom is 0.258 e. The van der Waals surface area contributed by atoms with E-state index in [4.69, 9.17) is 0 Å². The molecule has 1 aliphatic rings. The molecule has 1 heterocycles. The predicted molar refractivity (Wildman–Crippen MR) is 59.2 cm³/mol. The van der Waals surface area contributed by atoms with Crippen LogP contribution in [0.3, 0.4) is 0 Å². The van der Waals surface area contributed by atoms with Gasteiger partial charge in [-0.05, 0) is 20.3 Å². The number of hydrogen-bond acceptors (Lipinski definition) is 2. The summed E-state index contributed by atoms with van der Waals surface area (Å²) in [6, 6.07) is 0. The number of allylic oxidation sites excluding steroid dienone is 1. The molecule has 1 fully saturated rings. The lowest BCUT2D eigenvalue weighted by Gasteiger charge is -2.32. The van der Waals surface area contributed by atoms with Crippen LogP contribution in [0.1, 0.15) is 46.5 Å². The number of rotatable bonds is 4. The zero-order valence-electron chi connectivity index (χ0n) is 9.80. The lowest BCUT2D eigenvalue weighted by atomic mass is 10.0. The van der Waals surface area contributed by atoms with E-state index in [1.807, 2.05) is 13.8 Å². The fourth-order valence-electron chi connectivity index (χ4n) is 1.60.